The van der Waals surface area contributed by atoms with E-state index in [0.717, 1.165) is 31.4 Å². The van der Waals surface area contributed by atoms with E-state index in [0.29, 0.717) is 0 Å². The summed E-state index contributed by atoms with van der Waals surface area (Å²) >= 11 is 0. The highest BCUT2D eigenvalue weighted by atomic mass is 16.3. The number of rotatable bonds is 1. The van der Waals surface area contributed by atoms with Gasteiger partial charge in [0, 0.05) is 0 Å². The van der Waals surface area contributed by atoms with E-state index in [1.165, 1.54) is 22.3 Å². The topological polar surface area (TPSA) is 32.3 Å². The summed E-state index contributed by atoms with van der Waals surface area (Å²) in [5.74, 6) is 0. The van der Waals surface area contributed by atoms with Crippen LogP contribution in [0.25, 0.3) is 0 Å². The van der Waals surface area contributed by atoms with Gasteiger partial charge in [-0.3, -0.25) is 0 Å². The largest absolute Gasteiger partial charge is 0.383 e. The van der Waals surface area contributed by atoms with Crippen LogP contribution in [0, 0.1) is 6.92 Å². The Bertz CT molecular complexity index is 694. The molecule has 2 aromatic rings. The van der Waals surface area contributed by atoms with Crippen molar-refractivity contribution in [2.75, 3.05) is 6.54 Å². The van der Waals surface area contributed by atoms with Gasteiger partial charge in [0.15, 0.2) is 0 Å². The molecule has 0 aromatic heterocycles. The molecule has 2 heteroatoms. The fourth-order valence-corrected chi connectivity index (χ4v) is 4.00. The highest BCUT2D eigenvalue weighted by molar-refractivity contribution is 5.45. The molecule has 0 saturated carbocycles. The molecule has 2 N–H and O–H groups in total. The second-order valence-corrected chi connectivity index (χ2v) is 6.42. The molecular weight excluding hydrogens is 258 g/mol. The summed E-state index contributed by atoms with van der Waals surface area (Å²) in [5.41, 5.74) is 5.50. The first-order valence-electron chi connectivity index (χ1n) is 7.82. The molecule has 0 fully saturated rings. The van der Waals surface area contributed by atoms with Gasteiger partial charge in [-0.2, -0.15) is 0 Å². The van der Waals surface area contributed by atoms with Crippen LogP contribution in [-0.4, -0.2) is 11.7 Å². The Morgan fingerprint density at radius 1 is 1.10 bits per heavy atom. The molecule has 2 unspecified atom stereocenters. The van der Waals surface area contributed by atoms with Gasteiger partial charge in [0.2, 0.25) is 0 Å². The minimum absolute atomic E-state index is 0.00509. The summed E-state index contributed by atoms with van der Waals surface area (Å²) in [6.07, 6.45) is 2.81. The highest BCUT2D eigenvalue weighted by Crippen LogP contribution is 2.47. The summed E-state index contributed by atoms with van der Waals surface area (Å²) in [7, 11) is 0. The van der Waals surface area contributed by atoms with E-state index >= 15 is 0 Å². The van der Waals surface area contributed by atoms with Crippen LogP contribution in [0.3, 0.4) is 0 Å². The van der Waals surface area contributed by atoms with E-state index in [4.69, 9.17) is 0 Å². The van der Waals surface area contributed by atoms with Crippen molar-refractivity contribution in [3.63, 3.8) is 0 Å². The molecule has 0 spiro atoms. The third-order valence-electron chi connectivity index (χ3n) is 5.09. The first-order valence-corrected chi connectivity index (χ1v) is 7.82. The molecule has 1 aliphatic carbocycles. The zero-order valence-corrected chi connectivity index (χ0v) is 12.4. The fraction of sp³-hybridized carbons (Fsp3) is 0.368. The number of nitrogens with one attached hydrogen (secondary N) is 1. The van der Waals surface area contributed by atoms with Crippen molar-refractivity contribution in [3.05, 3.63) is 70.3 Å². The molecule has 4 rings (SSSR count). The molecule has 0 amide bonds. The third-order valence-corrected chi connectivity index (χ3v) is 5.09. The average molecular weight is 279 g/mol. The Kier molecular flexibility index (Phi) is 2.91. The van der Waals surface area contributed by atoms with Gasteiger partial charge < -0.3 is 10.4 Å². The van der Waals surface area contributed by atoms with E-state index in [2.05, 4.69) is 54.7 Å². The highest BCUT2D eigenvalue weighted by Gasteiger charge is 2.45. The lowest BCUT2D eigenvalue weighted by molar-refractivity contribution is -0.00504. The number of benzene rings is 2. The quantitative estimate of drug-likeness (QED) is 0.841. The fourth-order valence-electron chi connectivity index (χ4n) is 4.00. The summed E-state index contributed by atoms with van der Waals surface area (Å²) in [6, 6.07) is 15.0. The Morgan fingerprint density at radius 2 is 1.95 bits per heavy atom. The van der Waals surface area contributed by atoms with Crippen LogP contribution < -0.4 is 5.32 Å². The van der Waals surface area contributed by atoms with Crippen LogP contribution in [0.1, 0.15) is 40.3 Å². The molecule has 2 atom stereocenters. The van der Waals surface area contributed by atoms with Crippen molar-refractivity contribution >= 4 is 0 Å². The average Bonchev–Trinajstić information content (AvgIpc) is 2.85. The summed E-state index contributed by atoms with van der Waals surface area (Å²) in [4.78, 5) is 0. The van der Waals surface area contributed by atoms with E-state index < -0.39 is 5.60 Å². The van der Waals surface area contributed by atoms with Crippen molar-refractivity contribution in [1.82, 2.24) is 5.32 Å². The molecule has 21 heavy (non-hydrogen) atoms. The van der Waals surface area contributed by atoms with E-state index in [1.54, 1.807) is 0 Å². The standard InChI is InChI=1S/C19H21NO/c1-13-6-7-15-8-10-19(21,17(15)12-13)18-16-5-3-2-4-14(16)9-11-20-18/h2-7,12,18,20-21H,8-11H2,1H3. The first kappa shape index (κ1) is 13.1. The Balaban J connectivity index is 1.84. The zero-order valence-electron chi connectivity index (χ0n) is 12.4. The number of aliphatic hydroxyl groups is 1. The van der Waals surface area contributed by atoms with Crippen LogP contribution in [0.4, 0.5) is 0 Å². The predicted octanol–water partition coefficient (Wildman–Crippen LogP) is 3.02. The second-order valence-electron chi connectivity index (χ2n) is 6.42. The molecule has 2 aliphatic rings. The van der Waals surface area contributed by atoms with Crippen molar-refractivity contribution in [3.8, 4) is 0 Å². The minimum Gasteiger partial charge on any atom is -0.383 e. The number of hydrogen-bond acceptors (Lipinski definition) is 2. The molecule has 108 valence electrons. The lowest BCUT2D eigenvalue weighted by atomic mass is 9.79. The molecule has 1 heterocycles. The molecule has 0 saturated heterocycles. The number of aryl methyl sites for hydroxylation is 2. The van der Waals surface area contributed by atoms with E-state index in [9.17, 15) is 5.11 Å². The van der Waals surface area contributed by atoms with Crippen LogP contribution in [-0.2, 0) is 18.4 Å². The maximum atomic E-state index is 11.5. The molecule has 1 aliphatic heterocycles. The zero-order chi connectivity index (χ0) is 14.4. The van der Waals surface area contributed by atoms with Crippen LogP contribution >= 0.6 is 0 Å². The van der Waals surface area contributed by atoms with Crippen LogP contribution in [0.2, 0.25) is 0 Å². The van der Waals surface area contributed by atoms with E-state index in [1.807, 2.05) is 0 Å². The van der Waals surface area contributed by atoms with Gasteiger partial charge in [0.05, 0.1) is 6.04 Å². The summed E-state index contributed by atoms with van der Waals surface area (Å²) in [5, 5.41) is 15.0. The van der Waals surface area contributed by atoms with Crippen molar-refractivity contribution in [2.45, 2.75) is 37.8 Å². The molecule has 2 aromatic carbocycles. The predicted molar refractivity (Wildman–Crippen MR) is 84.3 cm³/mol. The number of hydrogen-bond donors (Lipinski definition) is 2. The number of fused-ring (bicyclic) bond motifs is 2. The van der Waals surface area contributed by atoms with Gasteiger partial charge >= 0.3 is 0 Å². The monoisotopic (exact) mass is 279 g/mol. The maximum absolute atomic E-state index is 11.5. The first-order chi connectivity index (χ1) is 10.2. The molecule has 0 bridgehead atoms. The van der Waals surface area contributed by atoms with Gasteiger partial charge in [0.1, 0.15) is 5.60 Å². The minimum atomic E-state index is -0.780. The van der Waals surface area contributed by atoms with Gasteiger partial charge in [-0.1, -0.05) is 48.0 Å². The SMILES string of the molecule is Cc1ccc2c(c1)C(O)(C1NCCc3ccccc31)CC2. The van der Waals surface area contributed by atoms with Gasteiger partial charge in [0.25, 0.3) is 0 Å². The Labute approximate surface area is 125 Å². The lowest BCUT2D eigenvalue weighted by Crippen LogP contribution is -2.44. The molecule has 0 radical (unpaired) electrons. The molecule has 2 nitrogen and oxygen atoms in total. The third kappa shape index (κ3) is 1.94. The summed E-state index contributed by atoms with van der Waals surface area (Å²) < 4.78 is 0. The second kappa shape index (κ2) is 4.69. The molecular formula is C19H21NO. The summed E-state index contributed by atoms with van der Waals surface area (Å²) in [6.45, 7) is 3.03. The van der Waals surface area contributed by atoms with Gasteiger partial charge in [-0.25, -0.2) is 0 Å². The van der Waals surface area contributed by atoms with E-state index in [-0.39, 0.29) is 6.04 Å². The Hall–Kier alpha value is -1.64. The normalized spacial score (nSPS) is 27.2. The van der Waals surface area contributed by atoms with Crippen LogP contribution in [0.5, 0.6) is 0 Å². The Morgan fingerprint density at radius 3 is 2.86 bits per heavy atom. The van der Waals surface area contributed by atoms with Crippen molar-refractivity contribution in [1.29, 1.82) is 0 Å². The van der Waals surface area contributed by atoms with Crippen molar-refractivity contribution in [2.24, 2.45) is 0 Å². The maximum Gasteiger partial charge on any atom is 0.110 e. The van der Waals surface area contributed by atoms with Crippen LogP contribution in [0.15, 0.2) is 42.5 Å². The smallest absolute Gasteiger partial charge is 0.110 e. The van der Waals surface area contributed by atoms with Gasteiger partial charge in [-0.15, -0.1) is 0 Å². The van der Waals surface area contributed by atoms with Crippen molar-refractivity contribution < 1.29 is 5.11 Å². The lowest BCUT2D eigenvalue weighted by Gasteiger charge is -2.38. The van der Waals surface area contributed by atoms with Gasteiger partial charge in [-0.05, 0) is 55.0 Å².